The van der Waals surface area contributed by atoms with Crippen LogP contribution in [0.15, 0.2) is 58.9 Å². The van der Waals surface area contributed by atoms with Gasteiger partial charge >= 0.3 is 0 Å². The zero-order chi connectivity index (χ0) is 16.9. The highest BCUT2D eigenvalue weighted by atomic mass is 32.1. The molecule has 0 aliphatic rings. The Morgan fingerprint density at radius 2 is 1.96 bits per heavy atom. The summed E-state index contributed by atoms with van der Waals surface area (Å²) in [6, 6.07) is 16.0. The first-order chi connectivity index (χ1) is 11.7. The third-order valence-electron chi connectivity index (χ3n) is 3.75. The van der Waals surface area contributed by atoms with E-state index in [1.165, 1.54) is 5.56 Å². The molecule has 5 heteroatoms. The maximum absolute atomic E-state index is 9.45. The van der Waals surface area contributed by atoms with Crippen LogP contribution < -0.4 is 9.54 Å². The molecule has 1 heterocycles. The van der Waals surface area contributed by atoms with Crippen LogP contribution in [-0.2, 0) is 6.54 Å². The molecule has 1 N–H and O–H groups in total. The van der Waals surface area contributed by atoms with E-state index in [0.29, 0.717) is 6.54 Å². The largest absolute Gasteiger partial charge is 0.497 e. The minimum Gasteiger partial charge on any atom is -0.497 e. The smallest absolute Gasteiger partial charge is 0.190 e. The second-order valence-electron chi connectivity index (χ2n) is 5.46. The summed E-state index contributed by atoms with van der Waals surface area (Å²) in [4.78, 5) is 5.60. The van der Waals surface area contributed by atoms with Gasteiger partial charge in [-0.1, -0.05) is 29.8 Å². The number of hydrogen-bond donors (Lipinski definition) is 1. The molecule has 0 amide bonds. The fourth-order valence-electron chi connectivity index (χ4n) is 2.48. The first kappa shape index (κ1) is 16.5. The van der Waals surface area contributed by atoms with E-state index in [4.69, 9.17) is 9.73 Å². The maximum atomic E-state index is 9.45. The van der Waals surface area contributed by atoms with Crippen molar-refractivity contribution in [3.8, 4) is 17.0 Å². The fourth-order valence-corrected chi connectivity index (χ4v) is 3.43. The molecule has 0 saturated carbocycles. The first-order valence-corrected chi connectivity index (χ1v) is 8.64. The van der Waals surface area contributed by atoms with Gasteiger partial charge in [-0.2, -0.15) is 0 Å². The van der Waals surface area contributed by atoms with E-state index >= 15 is 0 Å². The third-order valence-corrected chi connectivity index (χ3v) is 4.61. The lowest BCUT2D eigenvalue weighted by molar-refractivity contribution is 0.275. The molecule has 0 saturated heterocycles. The third kappa shape index (κ3) is 3.58. The van der Waals surface area contributed by atoms with Crippen LogP contribution in [0.25, 0.3) is 11.3 Å². The van der Waals surface area contributed by atoms with E-state index in [0.717, 1.165) is 27.5 Å². The summed E-state index contributed by atoms with van der Waals surface area (Å²) in [5.41, 5.74) is 4.19. The Morgan fingerprint density at radius 1 is 1.17 bits per heavy atom. The molecule has 0 fully saturated rings. The lowest BCUT2D eigenvalue weighted by Crippen LogP contribution is -2.17. The second kappa shape index (κ2) is 7.47. The number of hydrogen-bond acceptors (Lipinski definition) is 4. The summed E-state index contributed by atoms with van der Waals surface area (Å²) in [5, 5.41) is 11.5. The Labute approximate surface area is 145 Å². The van der Waals surface area contributed by atoms with Gasteiger partial charge in [0, 0.05) is 17.5 Å². The standard InChI is InChI=1S/C19H20N2O2S/c1-14-6-8-16(9-7-14)20-19-21(10-11-22)18(13-24-19)15-4-3-5-17(12-15)23-2/h3-9,12-13,22H,10-11H2,1-2H3. The Morgan fingerprint density at radius 3 is 2.67 bits per heavy atom. The van der Waals surface area contributed by atoms with Crippen LogP contribution in [0.4, 0.5) is 5.69 Å². The van der Waals surface area contributed by atoms with Crippen LogP contribution in [0.5, 0.6) is 5.75 Å². The predicted molar refractivity (Wildman–Crippen MR) is 97.8 cm³/mol. The van der Waals surface area contributed by atoms with Gasteiger partial charge in [0.05, 0.1) is 25.1 Å². The van der Waals surface area contributed by atoms with Gasteiger partial charge in [0.1, 0.15) is 5.75 Å². The number of aliphatic hydroxyl groups is 1. The van der Waals surface area contributed by atoms with E-state index in [9.17, 15) is 5.11 Å². The van der Waals surface area contributed by atoms with Crippen molar-refractivity contribution in [3.05, 3.63) is 64.3 Å². The summed E-state index contributed by atoms with van der Waals surface area (Å²) in [6.07, 6.45) is 0. The molecule has 1 aromatic heterocycles. The number of thiazole rings is 1. The zero-order valence-corrected chi connectivity index (χ0v) is 14.6. The van der Waals surface area contributed by atoms with Crippen molar-refractivity contribution in [1.82, 2.24) is 4.57 Å². The number of aryl methyl sites for hydroxylation is 1. The van der Waals surface area contributed by atoms with Gasteiger partial charge in [0.15, 0.2) is 4.80 Å². The van der Waals surface area contributed by atoms with Crippen molar-refractivity contribution >= 4 is 17.0 Å². The number of methoxy groups -OCH3 is 1. The van der Waals surface area contributed by atoms with E-state index in [2.05, 4.69) is 12.3 Å². The van der Waals surface area contributed by atoms with Gasteiger partial charge in [-0.05, 0) is 31.2 Å². The van der Waals surface area contributed by atoms with Crippen molar-refractivity contribution in [2.45, 2.75) is 13.5 Å². The quantitative estimate of drug-likeness (QED) is 0.769. The van der Waals surface area contributed by atoms with E-state index in [-0.39, 0.29) is 6.61 Å². The monoisotopic (exact) mass is 340 g/mol. The Balaban J connectivity index is 2.08. The number of rotatable bonds is 5. The van der Waals surface area contributed by atoms with Crippen LogP contribution in [0, 0.1) is 6.92 Å². The highest BCUT2D eigenvalue weighted by Gasteiger charge is 2.08. The lowest BCUT2D eigenvalue weighted by atomic mass is 10.1. The highest BCUT2D eigenvalue weighted by Crippen LogP contribution is 2.24. The summed E-state index contributed by atoms with van der Waals surface area (Å²) >= 11 is 1.57. The number of benzene rings is 2. The molecule has 24 heavy (non-hydrogen) atoms. The molecule has 0 aliphatic carbocycles. The second-order valence-corrected chi connectivity index (χ2v) is 6.29. The van der Waals surface area contributed by atoms with Crippen molar-refractivity contribution < 1.29 is 9.84 Å². The SMILES string of the molecule is COc1cccc(-c2csc(=Nc3ccc(C)cc3)n2CCO)c1. The zero-order valence-electron chi connectivity index (χ0n) is 13.8. The average molecular weight is 340 g/mol. The normalized spacial score (nSPS) is 11.7. The van der Waals surface area contributed by atoms with E-state index < -0.39 is 0 Å². The first-order valence-electron chi connectivity index (χ1n) is 7.76. The Hall–Kier alpha value is -2.37. The molecule has 0 atom stereocenters. The summed E-state index contributed by atoms with van der Waals surface area (Å²) in [5.74, 6) is 0.811. The Kier molecular flexibility index (Phi) is 5.13. The summed E-state index contributed by atoms with van der Waals surface area (Å²) in [7, 11) is 1.66. The van der Waals surface area contributed by atoms with Gasteiger partial charge in [-0.15, -0.1) is 11.3 Å². The van der Waals surface area contributed by atoms with Crippen LogP contribution >= 0.6 is 11.3 Å². The summed E-state index contributed by atoms with van der Waals surface area (Å²) in [6.45, 7) is 2.62. The minimum atomic E-state index is 0.0643. The Bertz CT molecular complexity index is 879. The van der Waals surface area contributed by atoms with Crippen LogP contribution in [0.3, 0.4) is 0 Å². The fraction of sp³-hybridized carbons (Fsp3) is 0.211. The molecule has 0 unspecified atom stereocenters. The molecular weight excluding hydrogens is 320 g/mol. The van der Waals surface area contributed by atoms with Gasteiger partial charge in [0.25, 0.3) is 0 Å². The van der Waals surface area contributed by atoms with E-state index in [1.807, 2.05) is 53.1 Å². The average Bonchev–Trinajstić information content (AvgIpc) is 3.00. The van der Waals surface area contributed by atoms with Crippen molar-refractivity contribution in [3.63, 3.8) is 0 Å². The van der Waals surface area contributed by atoms with Gasteiger partial charge in [0.2, 0.25) is 0 Å². The number of nitrogens with zero attached hydrogens (tertiary/aromatic N) is 2. The maximum Gasteiger partial charge on any atom is 0.190 e. The molecule has 124 valence electrons. The summed E-state index contributed by atoms with van der Waals surface area (Å²) < 4.78 is 7.35. The topological polar surface area (TPSA) is 46.8 Å². The predicted octanol–water partition coefficient (Wildman–Crippen LogP) is 3.76. The molecule has 2 aromatic carbocycles. The molecular formula is C19H20N2O2S. The van der Waals surface area contributed by atoms with Crippen molar-refractivity contribution in [1.29, 1.82) is 0 Å². The lowest BCUT2D eigenvalue weighted by Gasteiger charge is -2.08. The molecule has 0 radical (unpaired) electrons. The van der Waals surface area contributed by atoms with Crippen LogP contribution in [0.2, 0.25) is 0 Å². The molecule has 4 nitrogen and oxygen atoms in total. The minimum absolute atomic E-state index is 0.0643. The van der Waals surface area contributed by atoms with Crippen molar-refractivity contribution in [2.24, 2.45) is 4.99 Å². The highest BCUT2D eigenvalue weighted by molar-refractivity contribution is 7.07. The van der Waals surface area contributed by atoms with Crippen molar-refractivity contribution in [2.75, 3.05) is 13.7 Å². The molecule has 0 aliphatic heterocycles. The molecule has 0 bridgehead atoms. The molecule has 3 rings (SSSR count). The van der Waals surface area contributed by atoms with E-state index in [1.54, 1.807) is 18.4 Å². The van der Waals surface area contributed by atoms with Gasteiger partial charge < -0.3 is 14.4 Å². The number of aliphatic hydroxyl groups excluding tert-OH is 1. The van der Waals surface area contributed by atoms with Gasteiger partial charge in [-0.3, -0.25) is 0 Å². The van der Waals surface area contributed by atoms with Gasteiger partial charge in [-0.25, -0.2) is 4.99 Å². The number of aromatic nitrogens is 1. The number of ether oxygens (including phenoxy) is 1. The molecule has 3 aromatic rings. The van der Waals surface area contributed by atoms with Crippen LogP contribution in [-0.4, -0.2) is 23.4 Å². The molecule has 0 spiro atoms. The van der Waals surface area contributed by atoms with Crippen LogP contribution in [0.1, 0.15) is 5.56 Å².